The van der Waals surface area contributed by atoms with Crippen molar-refractivity contribution in [2.24, 2.45) is 0 Å². The van der Waals surface area contributed by atoms with E-state index < -0.39 is 0 Å². The summed E-state index contributed by atoms with van der Waals surface area (Å²) in [5.41, 5.74) is 13.1. The fourth-order valence-corrected chi connectivity index (χ4v) is 6.80. The van der Waals surface area contributed by atoms with Crippen LogP contribution in [-0.4, -0.2) is 10.3 Å². The van der Waals surface area contributed by atoms with E-state index in [1.807, 2.05) is 26.0 Å². The molecule has 0 bridgehead atoms. The normalized spacial score (nSPS) is 12.0. The van der Waals surface area contributed by atoms with Gasteiger partial charge in [-0.2, -0.15) is 0 Å². The van der Waals surface area contributed by atoms with Crippen LogP contribution in [0.4, 0.5) is 0 Å². The minimum absolute atomic E-state index is 0.549. The van der Waals surface area contributed by atoms with Crippen molar-refractivity contribution < 1.29 is 0 Å². The summed E-state index contributed by atoms with van der Waals surface area (Å²) in [6, 6.07) is 45.9. The Hall–Kier alpha value is -5.73. The Morgan fingerprint density at radius 2 is 1.26 bits per heavy atom. The molecule has 0 spiro atoms. The molecule has 0 saturated heterocycles. The summed E-state index contributed by atoms with van der Waals surface area (Å²) in [7, 11) is 0. The van der Waals surface area contributed by atoms with E-state index in [1.165, 1.54) is 43.7 Å². The van der Waals surface area contributed by atoms with Gasteiger partial charge in [-0.15, -0.1) is 0 Å². The molecule has 6 aromatic carbocycles. The van der Waals surface area contributed by atoms with Gasteiger partial charge >= 0.3 is 0 Å². The molecule has 7 aromatic rings. The summed E-state index contributed by atoms with van der Waals surface area (Å²) in [6.45, 7) is 10.3. The number of aromatic nitrogens is 1. The zero-order valence-electron chi connectivity index (χ0n) is 26.5. The predicted molar refractivity (Wildman–Crippen MR) is 200 cm³/mol. The van der Waals surface area contributed by atoms with Gasteiger partial charge < -0.3 is 9.98 Å². The van der Waals surface area contributed by atoms with Crippen molar-refractivity contribution in [3.63, 3.8) is 0 Å². The molecule has 0 amide bonds. The molecule has 0 atom stereocenters. The lowest BCUT2D eigenvalue weighted by Crippen LogP contribution is -1.95. The van der Waals surface area contributed by atoms with Crippen LogP contribution in [0.5, 0.6) is 0 Å². The first-order valence-corrected chi connectivity index (χ1v) is 15.8. The standard InChI is InChI=1S/C44H36N2/c1-5-13-29(2)36-16-9-11-18-38(36)32-20-23-40-33(27-32)22-25-42-41-24-21-34(39-19-12-10-17-37(39)30(3)26-31(4)45)28-43(41)46(44(40)42)35-14-7-6-8-15-35/h5-28,45H,2H2,1,3-4H3/b13-5-,30-26+,45-31?. The molecule has 1 N–H and O–H groups in total. The molecule has 0 aliphatic carbocycles. The quantitative estimate of drug-likeness (QED) is 0.141. The summed E-state index contributed by atoms with van der Waals surface area (Å²) in [6.07, 6.45) is 6.05. The van der Waals surface area contributed by atoms with Crippen LogP contribution in [0.1, 0.15) is 31.9 Å². The summed E-state index contributed by atoms with van der Waals surface area (Å²) in [5, 5.41) is 12.9. The minimum Gasteiger partial charge on any atom is -0.309 e. The molecule has 0 aliphatic rings. The minimum atomic E-state index is 0.549. The van der Waals surface area contributed by atoms with Crippen LogP contribution in [0.25, 0.3) is 71.7 Å². The van der Waals surface area contributed by atoms with Gasteiger partial charge in [-0.25, -0.2) is 0 Å². The van der Waals surface area contributed by atoms with Crippen LogP contribution < -0.4 is 0 Å². The molecule has 2 heteroatoms. The number of fused-ring (bicyclic) bond motifs is 5. The maximum atomic E-state index is 8.03. The predicted octanol–water partition coefficient (Wildman–Crippen LogP) is 12.3. The number of rotatable bonds is 7. The number of hydrogen-bond acceptors (Lipinski definition) is 1. The van der Waals surface area contributed by atoms with Crippen LogP contribution in [-0.2, 0) is 0 Å². The molecule has 0 saturated carbocycles. The van der Waals surface area contributed by atoms with E-state index >= 15 is 0 Å². The van der Waals surface area contributed by atoms with E-state index in [0.29, 0.717) is 5.71 Å². The molecule has 0 radical (unpaired) electrons. The van der Waals surface area contributed by atoms with Crippen molar-refractivity contribution in [3.8, 4) is 27.9 Å². The summed E-state index contributed by atoms with van der Waals surface area (Å²) < 4.78 is 2.42. The number of nitrogens with zero attached hydrogens (tertiary/aromatic N) is 1. The van der Waals surface area contributed by atoms with Crippen molar-refractivity contribution >= 4 is 49.4 Å². The molecule has 7 rings (SSSR count). The lowest BCUT2D eigenvalue weighted by Gasteiger charge is -2.14. The van der Waals surface area contributed by atoms with Gasteiger partial charge in [0.25, 0.3) is 0 Å². The SMILES string of the molecule is C=C(/C=C\C)c1ccccc1-c1ccc2c(ccc3c4ccc(-c5ccccc5/C(C)=C/C(C)=N)cc4n(-c4ccccc4)c23)c1. The molecule has 1 heterocycles. The largest absolute Gasteiger partial charge is 0.309 e. The van der Waals surface area contributed by atoms with Gasteiger partial charge in [0.2, 0.25) is 0 Å². The van der Waals surface area contributed by atoms with E-state index in [1.54, 1.807) is 0 Å². The first-order chi connectivity index (χ1) is 22.4. The topological polar surface area (TPSA) is 28.8 Å². The average molecular weight is 593 g/mol. The third-order valence-corrected chi connectivity index (χ3v) is 8.81. The second-order valence-corrected chi connectivity index (χ2v) is 11.9. The van der Waals surface area contributed by atoms with Gasteiger partial charge in [0.05, 0.1) is 11.0 Å². The van der Waals surface area contributed by atoms with E-state index in [0.717, 1.165) is 39.1 Å². The van der Waals surface area contributed by atoms with Gasteiger partial charge in [-0.05, 0) is 101 Å². The van der Waals surface area contributed by atoms with E-state index in [2.05, 4.69) is 152 Å². The van der Waals surface area contributed by atoms with Crippen LogP contribution in [0.2, 0.25) is 0 Å². The molecule has 0 fully saturated rings. The van der Waals surface area contributed by atoms with Gasteiger partial charge in [0, 0.05) is 27.6 Å². The summed E-state index contributed by atoms with van der Waals surface area (Å²) >= 11 is 0. The average Bonchev–Trinajstić information content (AvgIpc) is 3.42. The second kappa shape index (κ2) is 12.0. The Bertz CT molecular complexity index is 2360. The molecular formula is C44H36N2. The molecule has 2 nitrogen and oxygen atoms in total. The second-order valence-electron chi connectivity index (χ2n) is 11.9. The van der Waals surface area contributed by atoms with E-state index in [9.17, 15) is 0 Å². The Morgan fingerprint density at radius 3 is 1.98 bits per heavy atom. The molecule has 0 aliphatic heterocycles. The maximum Gasteiger partial charge on any atom is 0.0619 e. The number of allylic oxidation sites excluding steroid dienone is 5. The summed E-state index contributed by atoms with van der Waals surface area (Å²) in [4.78, 5) is 0. The van der Waals surface area contributed by atoms with Crippen LogP contribution >= 0.6 is 0 Å². The van der Waals surface area contributed by atoms with Gasteiger partial charge in [-0.1, -0.05) is 122 Å². The number of hydrogen-bond donors (Lipinski definition) is 1. The molecule has 1 aromatic heterocycles. The van der Waals surface area contributed by atoms with Gasteiger partial charge in [0.1, 0.15) is 0 Å². The number of benzene rings is 6. The smallest absolute Gasteiger partial charge is 0.0619 e. The Morgan fingerprint density at radius 1 is 0.652 bits per heavy atom. The molecule has 46 heavy (non-hydrogen) atoms. The van der Waals surface area contributed by atoms with Crippen LogP contribution in [0.3, 0.4) is 0 Å². The van der Waals surface area contributed by atoms with Crippen molar-refractivity contribution in [1.29, 1.82) is 5.41 Å². The highest BCUT2D eigenvalue weighted by Crippen LogP contribution is 2.40. The van der Waals surface area contributed by atoms with Crippen molar-refractivity contribution in [2.75, 3.05) is 0 Å². The zero-order chi connectivity index (χ0) is 31.8. The Kier molecular flexibility index (Phi) is 7.56. The van der Waals surface area contributed by atoms with Crippen molar-refractivity contribution in [2.45, 2.75) is 20.8 Å². The van der Waals surface area contributed by atoms with Crippen LogP contribution in [0, 0.1) is 5.41 Å². The monoisotopic (exact) mass is 592 g/mol. The van der Waals surface area contributed by atoms with Crippen LogP contribution in [0.15, 0.2) is 152 Å². The van der Waals surface area contributed by atoms with E-state index in [4.69, 9.17) is 5.41 Å². The molecule has 222 valence electrons. The van der Waals surface area contributed by atoms with E-state index in [-0.39, 0.29) is 0 Å². The zero-order valence-corrected chi connectivity index (χ0v) is 26.5. The van der Waals surface area contributed by atoms with Crippen molar-refractivity contribution in [3.05, 3.63) is 163 Å². The lowest BCUT2D eigenvalue weighted by molar-refractivity contribution is 1.19. The Balaban J connectivity index is 1.48. The van der Waals surface area contributed by atoms with Gasteiger partial charge in [0.15, 0.2) is 0 Å². The summed E-state index contributed by atoms with van der Waals surface area (Å²) in [5.74, 6) is 0. The highest BCUT2D eigenvalue weighted by atomic mass is 15.0. The first kappa shape index (κ1) is 29.0. The lowest BCUT2D eigenvalue weighted by atomic mass is 9.93. The third-order valence-electron chi connectivity index (χ3n) is 8.81. The molecular weight excluding hydrogens is 556 g/mol. The van der Waals surface area contributed by atoms with Gasteiger partial charge in [-0.3, -0.25) is 0 Å². The fraction of sp³-hybridized carbons (Fsp3) is 0.0682. The maximum absolute atomic E-state index is 8.03. The number of para-hydroxylation sites is 1. The molecule has 0 unspecified atom stereocenters. The highest BCUT2D eigenvalue weighted by Gasteiger charge is 2.18. The third kappa shape index (κ3) is 5.08. The van der Waals surface area contributed by atoms with Crippen molar-refractivity contribution in [1.82, 2.24) is 4.57 Å². The fourth-order valence-electron chi connectivity index (χ4n) is 6.80. The highest BCUT2D eigenvalue weighted by molar-refractivity contribution is 6.19. The number of nitrogens with one attached hydrogen (secondary N) is 1. The Labute approximate surface area is 270 Å². The first-order valence-electron chi connectivity index (χ1n) is 15.8.